The summed E-state index contributed by atoms with van der Waals surface area (Å²) in [6, 6.07) is 4.16. The molecule has 0 saturated carbocycles. The van der Waals surface area contributed by atoms with E-state index in [1.54, 1.807) is 0 Å². The molecule has 2 atom stereocenters. The maximum atomic E-state index is 5.97. The largest absolute Gasteiger partial charge is 0.373 e. The molecule has 0 spiro atoms. The van der Waals surface area contributed by atoms with Gasteiger partial charge >= 0.3 is 0 Å². The van der Waals surface area contributed by atoms with E-state index in [0.717, 1.165) is 38.3 Å². The van der Waals surface area contributed by atoms with Crippen LogP contribution < -0.4 is 5.32 Å². The molecule has 6 heteroatoms. The van der Waals surface area contributed by atoms with Crippen molar-refractivity contribution in [3.8, 4) is 0 Å². The van der Waals surface area contributed by atoms with Crippen molar-refractivity contribution in [1.29, 1.82) is 0 Å². The van der Waals surface area contributed by atoms with Crippen LogP contribution in [0, 0.1) is 12.8 Å². The Morgan fingerprint density at radius 3 is 3.12 bits per heavy atom. The van der Waals surface area contributed by atoms with Crippen molar-refractivity contribution in [3.05, 3.63) is 53.7 Å². The zero-order valence-corrected chi connectivity index (χ0v) is 14.9. The van der Waals surface area contributed by atoms with Gasteiger partial charge in [0.05, 0.1) is 24.2 Å². The molecule has 1 N–H and O–H groups in total. The molecule has 1 saturated heterocycles. The molecule has 1 aliphatic rings. The van der Waals surface area contributed by atoms with Gasteiger partial charge < -0.3 is 14.5 Å². The maximum Gasteiger partial charge on any atom is 0.139 e. The lowest BCUT2D eigenvalue weighted by Gasteiger charge is -2.17. The molecule has 0 bridgehead atoms. The van der Waals surface area contributed by atoms with Crippen molar-refractivity contribution in [3.63, 3.8) is 0 Å². The molecule has 0 aromatic carbocycles. The highest BCUT2D eigenvalue weighted by Gasteiger charge is 2.30. The van der Waals surface area contributed by atoms with E-state index in [9.17, 15) is 0 Å². The summed E-state index contributed by atoms with van der Waals surface area (Å²) in [6.45, 7) is 7.65. The Hall–Kier alpha value is -2.18. The number of nitrogens with one attached hydrogen (secondary N) is 1. The van der Waals surface area contributed by atoms with Gasteiger partial charge in [0, 0.05) is 50.1 Å². The lowest BCUT2D eigenvalue weighted by molar-refractivity contribution is 0.0903. The summed E-state index contributed by atoms with van der Waals surface area (Å²) in [7, 11) is 0. The summed E-state index contributed by atoms with van der Waals surface area (Å²) < 4.78 is 10.1. The average Bonchev–Trinajstić information content (AvgIpc) is 3.34. The van der Waals surface area contributed by atoms with E-state index < -0.39 is 0 Å². The summed E-state index contributed by atoms with van der Waals surface area (Å²) in [5, 5.41) is 7.98. The fourth-order valence-electron chi connectivity index (χ4n) is 3.63. The van der Waals surface area contributed by atoms with Crippen LogP contribution in [0.15, 0.2) is 36.9 Å². The highest BCUT2D eigenvalue weighted by atomic mass is 16.5. The highest BCUT2D eigenvalue weighted by molar-refractivity contribution is 5.48. The van der Waals surface area contributed by atoms with Gasteiger partial charge in [0.25, 0.3) is 0 Å². The van der Waals surface area contributed by atoms with Crippen LogP contribution >= 0.6 is 0 Å². The molecule has 4 heterocycles. The van der Waals surface area contributed by atoms with Crippen molar-refractivity contribution in [2.75, 3.05) is 13.2 Å². The van der Waals surface area contributed by atoms with E-state index in [1.165, 1.54) is 16.8 Å². The van der Waals surface area contributed by atoms with Crippen molar-refractivity contribution in [2.45, 2.75) is 39.5 Å². The number of rotatable bonds is 6. The Labute approximate surface area is 147 Å². The molecule has 25 heavy (non-hydrogen) atoms. The van der Waals surface area contributed by atoms with Gasteiger partial charge in [-0.2, -0.15) is 5.10 Å². The molecular formula is C19H25N5O. The number of aromatic nitrogens is 4. The topological polar surface area (TPSA) is 56.4 Å². The molecule has 2 unspecified atom stereocenters. The van der Waals surface area contributed by atoms with Crippen LogP contribution in [0.4, 0.5) is 0 Å². The summed E-state index contributed by atoms with van der Waals surface area (Å²) in [5.74, 6) is 0.482. The van der Waals surface area contributed by atoms with Crippen LogP contribution in [0.3, 0.4) is 0 Å². The zero-order chi connectivity index (χ0) is 17.2. The average molecular weight is 339 g/mol. The number of fused-ring (bicyclic) bond motifs is 1. The molecule has 3 aromatic rings. The Morgan fingerprint density at radius 2 is 2.28 bits per heavy atom. The monoisotopic (exact) mass is 339 g/mol. The van der Waals surface area contributed by atoms with Gasteiger partial charge in [0.2, 0.25) is 0 Å². The Morgan fingerprint density at radius 1 is 1.36 bits per heavy atom. The smallest absolute Gasteiger partial charge is 0.139 e. The minimum atomic E-state index is 0.150. The quantitative estimate of drug-likeness (QED) is 0.750. The van der Waals surface area contributed by atoms with E-state index in [4.69, 9.17) is 4.74 Å². The predicted octanol–water partition coefficient (Wildman–Crippen LogP) is 2.73. The first kappa shape index (κ1) is 16.3. The van der Waals surface area contributed by atoms with Gasteiger partial charge in [-0.1, -0.05) is 6.07 Å². The molecule has 0 amide bonds. The summed E-state index contributed by atoms with van der Waals surface area (Å²) in [6.07, 6.45) is 9.32. The lowest BCUT2D eigenvalue weighted by Crippen LogP contribution is -2.25. The molecule has 0 radical (unpaired) electrons. The number of ether oxygens (including phenoxy) is 1. The van der Waals surface area contributed by atoms with E-state index in [2.05, 4.69) is 58.2 Å². The molecule has 6 nitrogen and oxygen atoms in total. The number of nitrogens with zero attached hydrogens (tertiary/aromatic N) is 4. The van der Waals surface area contributed by atoms with E-state index in [-0.39, 0.29) is 6.10 Å². The Kier molecular flexibility index (Phi) is 4.55. The third-order valence-corrected chi connectivity index (χ3v) is 5.04. The van der Waals surface area contributed by atoms with Gasteiger partial charge in [-0.05, 0) is 31.9 Å². The van der Waals surface area contributed by atoms with Crippen LogP contribution in [-0.4, -0.2) is 32.3 Å². The van der Waals surface area contributed by atoms with E-state index in [1.807, 2.05) is 17.1 Å². The molecule has 1 aliphatic heterocycles. The zero-order valence-electron chi connectivity index (χ0n) is 14.9. The minimum absolute atomic E-state index is 0.150. The summed E-state index contributed by atoms with van der Waals surface area (Å²) in [5.41, 5.74) is 4.61. The van der Waals surface area contributed by atoms with Crippen molar-refractivity contribution in [2.24, 2.45) is 5.92 Å². The van der Waals surface area contributed by atoms with Crippen LogP contribution in [0.25, 0.3) is 5.65 Å². The third-order valence-electron chi connectivity index (χ3n) is 5.04. The number of hydrogen-bond donors (Lipinski definition) is 1. The second kappa shape index (κ2) is 6.98. The lowest BCUT2D eigenvalue weighted by atomic mass is 9.97. The van der Waals surface area contributed by atoms with E-state index in [0.29, 0.717) is 5.92 Å². The summed E-state index contributed by atoms with van der Waals surface area (Å²) in [4.78, 5) is 4.53. The predicted molar refractivity (Wildman–Crippen MR) is 96.3 cm³/mol. The van der Waals surface area contributed by atoms with Gasteiger partial charge in [0.15, 0.2) is 0 Å². The SMILES string of the molecule is CCn1cc(C2OCCC2CNCc2cnc3c(C)cccn23)cn1. The number of hydrogen-bond acceptors (Lipinski definition) is 4. The number of imidazole rings is 1. The van der Waals surface area contributed by atoms with Gasteiger partial charge in [0.1, 0.15) is 5.65 Å². The molecular weight excluding hydrogens is 314 g/mol. The van der Waals surface area contributed by atoms with Gasteiger partial charge in [-0.15, -0.1) is 0 Å². The Balaban J connectivity index is 1.39. The first-order chi connectivity index (χ1) is 12.3. The maximum absolute atomic E-state index is 5.97. The number of pyridine rings is 1. The minimum Gasteiger partial charge on any atom is -0.373 e. The van der Waals surface area contributed by atoms with Gasteiger partial charge in [-0.3, -0.25) is 4.68 Å². The highest BCUT2D eigenvalue weighted by Crippen LogP contribution is 2.33. The first-order valence-corrected chi connectivity index (χ1v) is 9.02. The van der Waals surface area contributed by atoms with Crippen LogP contribution in [0.5, 0.6) is 0 Å². The van der Waals surface area contributed by atoms with Crippen LogP contribution in [0.1, 0.15) is 36.3 Å². The summed E-state index contributed by atoms with van der Waals surface area (Å²) >= 11 is 0. The Bertz CT molecular complexity index is 852. The van der Waals surface area contributed by atoms with Crippen LogP contribution in [-0.2, 0) is 17.8 Å². The second-order valence-corrected chi connectivity index (χ2v) is 6.73. The molecule has 132 valence electrons. The van der Waals surface area contributed by atoms with Crippen molar-refractivity contribution in [1.82, 2.24) is 24.5 Å². The first-order valence-electron chi connectivity index (χ1n) is 9.02. The van der Waals surface area contributed by atoms with Crippen molar-refractivity contribution >= 4 is 5.65 Å². The van der Waals surface area contributed by atoms with Crippen molar-refractivity contribution < 1.29 is 4.74 Å². The molecule has 3 aromatic heterocycles. The fourth-order valence-corrected chi connectivity index (χ4v) is 3.63. The molecule has 1 fully saturated rings. The third kappa shape index (κ3) is 3.19. The number of aryl methyl sites for hydroxylation is 2. The molecule has 4 rings (SSSR count). The van der Waals surface area contributed by atoms with Gasteiger partial charge in [-0.25, -0.2) is 4.98 Å². The molecule has 0 aliphatic carbocycles. The second-order valence-electron chi connectivity index (χ2n) is 6.73. The van der Waals surface area contributed by atoms with Crippen LogP contribution in [0.2, 0.25) is 0 Å². The standard InChI is InChI=1S/C19H25N5O/c1-3-23-13-16(10-22-23)18-15(6-8-25-18)9-20-11-17-12-21-19-14(2)5-4-7-24(17)19/h4-5,7,10,12-13,15,18,20H,3,6,8-9,11H2,1-2H3. The fraction of sp³-hybridized carbons (Fsp3) is 0.474. The normalized spacial score (nSPS) is 20.6. The van der Waals surface area contributed by atoms with E-state index >= 15 is 0 Å².